The summed E-state index contributed by atoms with van der Waals surface area (Å²) in [5.41, 5.74) is 10.8. The van der Waals surface area contributed by atoms with E-state index in [1.165, 1.54) is 13.0 Å². The molecule has 0 aliphatic carbocycles. The van der Waals surface area contributed by atoms with Crippen molar-refractivity contribution in [3.05, 3.63) is 59.3 Å². The Kier molecular flexibility index (Phi) is 5.12. The molecule has 0 aliphatic heterocycles. The second-order valence-electron chi connectivity index (χ2n) is 4.70. The summed E-state index contributed by atoms with van der Waals surface area (Å²) in [6, 6.07) is 10.1. The molecular weight excluding hydrogens is 294 g/mol. The third-order valence-electron chi connectivity index (χ3n) is 3.19. The van der Waals surface area contributed by atoms with Gasteiger partial charge >= 0.3 is 11.7 Å². The summed E-state index contributed by atoms with van der Waals surface area (Å²) in [6.07, 6.45) is 1.61. The van der Waals surface area contributed by atoms with Gasteiger partial charge in [0.1, 0.15) is 0 Å². The van der Waals surface area contributed by atoms with Gasteiger partial charge in [-0.1, -0.05) is 18.2 Å². The molecule has 6 nitrogen and oxygen atoms in total. The number of nitrogens with zero attached hydrogens (tertiary/aromatic N) is 3. The first kappa shape index (κ1) is 16.3. The number of ether oxygens (including phenoxy) is 1. The average Bonchev–Trinajstić information content (AvgIpc) is 2.56. The molecule has 0 saturated carbocycles. The van der Waals surface area contributed by atoms with Gasteiger partial charge in [0.15, 0.2) is 5.78 Å². The van der Waals surface area contributed by atoms with Crippen molar-refractivity contribution < 1.29 is 19.1 Å². The number of carbonyl (C=O) groups excluding carboxylic acids is 2. The Labute approximate surface area is 133 Å². The maximum atomic E-state index is 12.0. The van der Waals surface area contributed by atoms with Crippen molar-refractivity contribution in [2.75, 3.05) is 6.61 Å². The number of ketones is 1. The van der Waals surface area contributed by atoms with Crippen molar-refractivity contribution in [1.29, 1.82) is 0 Å². The first-order valence-electron chi connectivity index (χ1n) is 7.04. The highest BCUT2D eigenvalue weighted by Crippen LogP contribution is 2.24. The van der Waals surface area contributed by atoms with Crippen LogP contribution in [0.2, 0.25) is 0 Å². The van der Waals surface area contributed by atoms with Gasteiger partial charge in [0, 0.05) is 17.3 Å². The SMILES string of the molecule is CCOC(=O)C(=[N+]=[N-])c1cc(C(C)=O)ccc1-c1ccccn1. The number of rotatable bonds is 5. The fraction of sp³-hybridized carbons (Fsp3) is 0.176. The van der Waals surface area contributed by atoms with Gasteiger partial charge in [-0.2, -0.15) is 4.79 Å². The highest BCUT2D eigenvalue weighted by molar-refractivity contribution is 6.42. The van der Waals surface area contributed by atoms with E-state index in [-0.39, 0.29) is 23.7 Å². The van der Waals surface area contributed by atoms with Gasteiger partial charge in [-0.3, -0.25) is 9.78 Å². The molecule has 0 unspecified atom stereocenters. The van der Waals surface area contributed by atoms with E-state index in [2.05, 4.69) is 9.77 Å². The number of esters is 1. The molecule has 0 spiro atoms. The van der Waals surface area contributed by atoms with Crippen molar-refractivity contribution >= 4 is 17.5 Å². The maximum absolute atomic E-state index is 12.0. The van der Waals surface area contributed by atoms with Crippen LogP contribution >= 0.6 is 0 Å². The second kappa shape index (κ2) is 7.24. The molecular formula is C17H15N3O3. The van der Waals surface area contributed by atoms with E-state index in [0.717, 1.165) is 0 Å². The van der Waals surface area contributed by atoms with Crippen LogP contribution < -0.4 is 0 Å². The predicted molar refractivity (Wildman–Crippen MR) is 84.0 cm³/mol. The van der Waals surface area contributed by atoms with Gasteiger partial charge in [-0.25, -0.2) is 4.79 Å². The topological polar surface area (TPSA) is 92.7 Å². The molecule has 0 fully saturated rings. The van der Waals surface area contributed by atoms with Crippen LogP contribution in [0.3, 0.4) is 0 Å². The van der Waals surface area contributed by atoms with Gasteiger partial charge in [-0.05, 0) is 32.0 Å². The molecule has 0 radical (unpaired) electrons. The summed E-state index contributed by atoms with van der Waals surface area (Å²) < 4.78 is 4.91. The van der Waals surface area contributed by atoms with Crippen LogP contribution in [0.15, 0.2) is 42.6 Å². The van der Waals surface area contributed by atoms with E-state index in [9.17, 15) is 15.1 Å². The standard InChI is InChI=1S/C17H15N3O3/c1-3-23-17(22)16(20-18)14-10-12(11(2)21)7-8-13(14)15-6-4-5-9-19-15/h4-10H,3H2,1-2H3. The zero-order chi connectivity index (χ0) is 16.8. The summed E-state index contributed by atoms with van der Waals surface area (Å²) >= 11 is 0. The Morgan fingerprint density at radius 2 is 2.04 bits per heavy atom. The normalized spacial score (nSPS) is 9.83. The number of pyridine rings is 1. The predicted octanol–water partition coefficient (Wildman–Crippen LogP) is 2.53. The minimum atomic E-state index is -0.770. The summed E-state index contributed by atoms with van der Waals surface area (Å²) in [5.74, 6) is -0.937. The van der Waals surface area contributed by atoms with Gasteiger partial charge in [0.25, 0.3) is 0 Å². The molecule has 0 aliphatic rings. The molecule has 116 valence electrons. The summed E-state index contributed by atoms with van der Waals surface area (Å²) in [4.78, 5) is 30.9. The van der Waals surface area contributed by atoms with Crippen LogP contribution in [-0.4, -0.2) is 33.8 Å². The zero-order valence-electron chi connectivity index (χ0n) is 12.8. The molecule has 23 heavy (non-hydrogen) atoms. The van der Waals surface area contributed by atoms with Gasteiger partial charge in [0.2, 0.25) is 0 Å². The fourth-order valence-electron chi connectivity index (χ4n) is 2.11. The minimum Gasteiger partial charge on any atom is -0.457 e. The Morgan fingerprint density at radius 3 is 2.61 bits per heavy atom. The lowest BCUT2D eigenvalue weighted by atomic mass is 9.96. The Balaban J connectivity index is 2.67. The van der Waals surface area contributed by atoms with Gasteiger partial charge in [0.05, 0.1) is 17.9 Å². The first-order valence-corrected chi connectivity index (χ1v) is 7.04. The summed E-state index contributed by atoms with van der Waals surface area (Å²) in [7, 11) is 0. The number of aromatic nitrogens is 1. The maximum Gasteiger partial charge on any atom is 0.422 e. The third kappa shape index (κ3) is 3.56. The van der Waals surface area contributed by atoms with Crippen molar-refractivity contribution in [1.82, 2.24) is 4.98 Å². The zero-order valence-corrected chi connectivity index (χ0v) is 12.8. The monoisotopic (exact) mass is 309 g/mol. The highest BCUT2D eigenvalue weighted by atomic mass is 16.5. The summed E-state index contributed by atoms with van der Waals surface area (Å²) in [6.45, 7) is 3.21. The molecule has 2 rings (SSSR count). The van der Waals surface area contributed by atoms with Crippen LogP contribution in [0, 0.1) is 0 Å². The quantitative estimate of drug-likeness (QED) is 0.279. The molecule has 6 heteroatoms. The molecule has 1 heterocycles. The van der Waals surface area contributed by atoms with E-state index in [0.29, 0.717) is 16.8 Å². The first-order chi connectivity index (χ1) is 11.1. The van der Waals surface area contributed by atoms with Crippen molar-refractivity contribution in [2.24, 2.45) is 0 Å². The lowest BCUT2D eigenvalue weighted by Crippen LogP contribution is -2.21. The number of Topliss-reactive ketones (excluding diaryl/α,β-unsaturated/α-hetero) is 1. The van der Waals surface area contributed by atoms with E-state index in [1.54, 1.807) is 43.5 Å². The second-order valence-corrected chi connectivity index (χ2v) is 4.70. The minimum absolute atomic E-state index is 0.142. The van der Waals surface area contributed by atoms with E-state index in [1.807, 2.05) is 0 Å². The van der Waals surface area contributed by atoms with Crippen LogP contribution in [0.1, 0.15) is 29.8 Å². The van der Waals surface area contributed by atoms with Crippen LogP contribution in [0.25, 0.3) is 16.8 Å². The number of benzene rings is 1. The molecule has 2 aromatic rings. The van der Waals surface area contributed by atoms with Gasteiger partial charge < -0.3 is 10.3 Å². The number of carbonyl (C=O) groups is 2. The number of hydrogen-bond donors (Lipinski definition) is 0. The largest absolute Gasteiger partial charge is 0.457 e. The smallest absolute Gasteiger partial charge is 0.422 e. The Hall–Kier alpha value is -3.11. The van der Waals surface area contributed by atoms with Crippen molar-refractivity contribution in [3.8, 4) is 11.3 Å². The van der Waals surface area contributed by atoms with Gasteiger partial charge in [-0.15, -0.1) is 0 Å². The van der Waals surface area contributed by atoms with Crippen molar-refractivity contribution in [3.63, 3.8) is 0 Å². The fourth-order valence-corrected chi connectivity index (χ4v) is 2.11. The molecule has 0 N–H and O–H groups in total. The molecule has 1 aromatic carbocycles. The Morgan fingerprint density at radius 1 is 1.26 bits per heavy atom. The lowest BCUT2D eigenvalue weighted by Gasteiger charge is -2.07. The average molecular weight is 309 g/mol. The number of hydrogen-bond acceptors (Lipinski definition) is 4. The molecule has 0 bridgehead atoms. The Bertz CT molecular complexity index is 794. The lowest BCUT2D eigenvalue weighted by molar-refractivity contribution is -0.139. The third-order valence-corrected chi connectivity index (χ3v) is 3.19. The molecule has 0 amide bonds. The van der Waals surface area contributed by atoms with Crippen molar-refractivity contribution in [2.45, 2.75) is 13.8 Å². The van der Waals surface area contributed by atoms with Crippen LogP contribution in [-0.2, 0) is 9.53 Å². The van der Waals surface area contributed by atoms with E-state index >= 15 is 0 Å². The summed E-state index contributed by atoms with van der Waals surface area (Å²) in [5, 5.41) is 0. The highest BCUT2D eigenvalue weighted by Gasteiger charge is 2.28. The van der Waals surface area contributed by atoms with Crippen LogP contribution in [0.4, 0.5) is 0 Å². The van der Waals surface area contributed by atoms with Crippen LogP contribution in [0.5, 0.6) is 0 Å². The molecule has 0 saturated heterocycles. The molecule has 0 atom stereocenters. The molecule has 1 aromatic heterocycles. The van der Waals surface area contributed by atoms with E-state index in [4.69, 9.17) is 4.74 Å². The van der Waals surface area contributed by atoms with E-state index < -0.39 is 5.97 Å².